The highest BCUT2D eigenvalue weighted by molar-refractivity contribution is 5.72. The molecular weight excluding hydrogens is 210 g/mol. The second-order valence-corrected chi connectivity index (χ2v) is 3.79. The molecule has 0 amide bonds. The first-order valence-corrected chi connectivity index (χ1v) is 4.93. The van der Waals surface area contributed by atoms with E-state index in [1.54, 1.807) is 24.5 Å². The van der Waals surface area contributed by atoms with Crippen molar-refractivity contribution in [2.75, 3.05) is 13.1 Å². The molecule has 6 nitrogen and oxygen atoms in total. The topological polar surface area (TPSA) is 82.9 Å². The lowest BCUT2D eigenvalue weighted by atomic mass is 9.90. The van der Waals surface area contributed by atoms with Crippen molar-refractivity contribution in [2.45, 2.75) is 5.92 Å². The molecule has 0 radical (unpaired) electrons. The van der Waals surface area contributed by atoms with E-state index < -0.39 is 11.9 Å². The van der Waals surface area contributed by atoms with Crippen molar-refractivity contribution in [3.05, 3.63) is 35.0 Å². The molecule has 1 fully saturated rings. The van der Waals surface area contributed by atoms with Gasteiger partial charge in [-0.15, -0.1) is 4.91 Å². The molecule has 1 N–H and O–H groups in total. The minimum absolute atomic E-state index is 0.172. The number of rotatable bonds is 3. The van der Waals surface area contributed by atoms with Gasteiger partial charge >= 0.3 is 5.97 Å². The van der Waals surface area contributed by atoms with E-state index in [4.69, 9.17) is 5.11 Å². The smallest absolute Gasteiger partial charge is 0.309 e. The number of aromatic nitrogens is 1. The monoisotopic (exact) mass is 221 g/mol. The van der Waals surface area contributed by atoms with Crippen LogP contribution in [-0.2, 0) is 4.79 Å². The molecule has 1 aliphatic heterocycles. The van der Waals surface area contributed by atoms with E-state index in [1.807, 2.05) is 0 Å². The zero-order valence-corrected chi connectivity index (χ0v) is 8.48. The summed E-state index contributed by atoms with van der Waals surface area (Å²) in [7, 11) is 0. The Balaban J connectivity index is 2.25. The maximum atomic E-state index is 11.1. The number of carboxylic acid groups (broad SMARTS) is 1. The molecule has 2 rings (SSSR count). The second-order valence-electron chi connectivity index (χ2n) is 3.79. The van der Waals surface area contributed by atoms with Gasteiger partial charge in [0.15, 0.2) is 0 Å². The minimum Gasteiger partial charge on any atom is -0.481 e. The van der Waals surface area contributed by atoms with Gasteiger partial charge in [0.1, 0.15) is 0 Å². The molecule has 0 spiro atoms. The third-order valence-electron chi connectivity index (χ3n) is 2.87. The molecule has 2 atom stereocenters. The van der Waals surface area contributed by atoms with Crippen LogP contribution in [0.25, 0.3) is 0 Å². The quantitative estimate of drug-likeness (QED) is 0.765. The maximum absolute atomic E-state index is 11.1. The van der Waals surface area contributed by atoms with Crippen LogP contribution in [0.15, 0.2) is 29.8 Å². The summed E-state index contributed by atoms with van der Waals surface area (Å²) in [5.41, 5.74) is 0.883. The number of carboxylic acids is 1. The van der Waals surface area contributed by atoms with E-state index in [0.29, 0.717) is 6.54 Å². The van der Waals surface area contributed by atoms with Crippen LogP contribution in [0, 0.1) is 10.8 Å². The van der Waals surface area contributed by atoms with Gasteiger partial charge in [0.05, 0.1) is 17.7 Å². The van der Waals surface area contributed by atoms with Gasteiger partial charge in [0.25, 0.3) is 0 Å². The highest BCUT2D eigenvalue weighted by atomic mass is 16.4. The standard InChI is InChI=1S/C10H11N3O3/c14-10(15)9-6-13(12-16)5-8(9)7-1-3-11-4-2-7/h1-4,8-9H,5-6H2,(H,14,15). The first-order valence-electron chi connectivity index (χ1n) is 4.93. The first kappa shape index (κ1) is 10.5. The first-order chi connectivity index (χ1) is 7.72. The molecule has 84 valence electrons. The summed E-state index contributed by atoms with van der Waals surface area (Å²) in [6.07, 6.45) is 3.23. The molecule has 0 aromatic carbocycles. The number of aliphatic carboxylic acids is 1. The number of nitrogens with zero attached hydrogens (tertiary/aromatic N) is 3. The van der Waals surface area contributed by atoms with E-state index >= 15 is 0 Å². The number of hydrogen-bond donors (Lipinski definition) is 1. The van der Waals surface area contributed by atoms with Crippen LogP contribution in [0.1, 0.15) is 11.5 Å². The van der Waals surface area contributed by atoms with Crippen molar-refractivity contribution in [1.82, 2.24) is 9.99 Å². The Morgan fingerprint density at radius 2 is 2.12 bits per heavy atom. The van der Waals surface area contributed by atoms with E-state index in [0.717, 1.165) is 5.56 Å². The molecule has 2 heterocycles. The van der Waals surface area contributed by atoms with Crippen molar-refractivity contribution < 1.29 is 9.90 Å². The van der Waals surface area contributed by atoms with Crippen LogP contribution >= 0.6 is 0 Å². The largest absolute Gasteiger partial charge is 0.481 e. The molecular formula is C10H11N3O3. The summed E-state index contributed by atoms with van der Waals surface area (Å²) in [6, 6.07) is 3.55. The summed E-state index contributed by atoms with van der Waals surface area (Å²) in [5.74, 6) is -1.67. The van der Waals surface area contributed by atoms with Crippen molar-refractivity contribution in [3.63, 3.8) is 0 Å². The number of nitroso groups, excluding NO2 is 1. The van der Waals surface area contributed by atoms with Gasteiger partial charge < -0.3 is 5.11 Å². The molecule has 0 aliphatic carbocycles. The molecule has 2 unspecified atom stereocenters. The van der Waals surface area contributed by atoms with Crippen molar-refractivity contribution >= 4 is 5.97 Å². The Hall–Kier alpha value is -1.98. The van der Waals surface area contributed by atoms with Gasteiger partial charge in [-0.05, 0) is 17.7 Å². The predicted molar refractivity (Wildman–Crippen MR) is 55.5 cm³/mol. The average Bonchev–Trinajstić information content (AvgIpc) is 2.74. The van der Waals surface area contributed by atoms with Crippen molar-refractivity contribution in [2.24, 2.45) is 11.2 Å². The highest BCUT2D eigenvalue weighted by Crippen LogP contribution is 2.32. The summed E-state index contributed by atoms with van der Waals surface area (Å²) in [4.78, 5) is 25.4. The van der Waals surface area contributed by atoms with E-state index in [-0.39, 0.29) is 12.5 Å². The van der Waals surface area contributed by atoms with Crippen LogP contribution in [-0.4, -0.2) is 34.2 Å². The normalized spacial score (nSPS) is 24.4. The number of carbonyl (C=O) groups is 1. The fraction of sp³-hybridized carbons (Fsp3) is 0.400. The molecule has 6 heteroatoms. The molecule has 0 bridgehead atoms. The SMILES string of the molecule is O=NN1CC(C(=O)O)C(c2ccncc2)C1. The summed E-state index contributed by atoms with van der Waals surface area (Å²) in [6.45, 7) is 0.524. The van der Waals surface area contributed by atoms with Crippen LogP contribution < -0.4 is 0 Å². The summed E-state index contributed by atoms with van der Waals surface area (Å²) in [5, 5.41) is 13.1. The lowest BCUT2D eigenvalue weighted by Gasteiger charge is -2.13. The van der Waals surface area contributed by atoms with Gasteiger partial charge in [0, 0.05) is 24.9 Å². The van der Waals surface area contributed by atoms with Crippen LogP contribution in [0.3, 0.4) is 0 Å². The summed E-state index contributed by atoms with van der Waals surface area (Å²) >= 11 is 0. The third kappa shape index (κ3) is 1.86. The van der Waals surface area contributed by atoms with Crippen molar-refractivity contribution in [1.29, 1.82) is 0 Å². The Kier molecular flexibility index (Phi) is 2.80. The van der Waals surface area contributed by atoms with Crippen LogP contribution in [0.4, 0.5) is 0 Å². The Morgan fingerprint density at radius 3 is 2.69 bits per heavy atom. The maximum Gasteiger partial charge on any atom is 0.309 e. The molecule has 1 aromatic rings. The van der Waals surface area contributed by atoms with Gasteiger partial charge in [0.2, 0.25) is 0 Å². The fourth-order valence-corrected chi connectivity index (χ4v) is 2.05. The lowest BCUT2D eigenvalue weighted by Crippen LogP contribution is -2.21. The van der Waals surface area contributed by atoms with E-state index in [9.17, 15) is 9.70 Å². The molecule has 1 saturated heterocycles. The van der Waals surface area contributed by atoms with Gasteiger partial charge in [-0.1, -0.05) is 0 Å². The molecule has 16 heavy (non-hydrogen) atoms. The third-order valence-corrected chi connectivity index (χ3v) is 2.87. The second kappa shape index (κ2) is 4.26. The minimum atomic E-state index is -0.895. The number of pyridine rings is 1. The summed E-state index contributed by atoms with van der Waals surface area (Å²) < 4.78 is 0. The van der Waals surface area contributed by atoms with Gasteiger partial charge in [-0.25, -0.2) is 0 Å². The Morgan fingerprint density at radius 1 is 1.44 bits per heavy atom. The van der Waals surface area contributed by atoms with Crippen LogP contribution in [0.2, 0.25) is 0 Å². The zero-order valence-electron chi connectivity index (χ0n) is 8.48. The van der Waals surface area contributed by atoms with Gasteiger partial charge in [-0.2, -0.15) is 0 Å². The fourth-order valence-electron chi connectivity index (χ4n) is 2.05. The highest BCUT2D eigenvalue weighted by Gasteiger charge is 2.38. The van der Waals surface area contributed by atoms with Crippen LogP contribution in [0.5, 0.6) is 0 Å². The molecule has 1 aliphatic rings. The zero-order chi connectivity index (χ0) is 11.5. The number of hydrogen-bond acceptors (Lipinski definition) is 4. The van der Waals surface area contributed by atoms with E-state index in [2.05, 4.69) is 10.3 Å². The predicted octanol–water partition coefficient (Wildman–Crippen LogP) is 0.863. The lowest BCUT2D eigenvalue weighted by molar-refractivity contribution is -0.141. The molecule has 1 aromatic heterocycles. The van der Waals surface area contributed by atoms with E-state index in [1.165, 1.54) is 5.01 Å². The Labute approximate surface area is 91.9 Å². The van der Waals surface area contributed by atoms with Crippen molar-refractivity contribution in [3.8, 4) is 0 Å². The molecule has 0 saturated carbocycles. The average molecular weight is 221 g/mol. The Bertz CT molecular complexity index is 396. The van der Waals surface area contributed by atoms with Gasteiger partial charge in [-0.3, -0.25) is 14.8 Å².